The molecule has 0 aliphatic heterocycles. The van der Waals surface area contributed by atoms with Crippen LogP contribution in [0.2, 0.25) is 5.02 Å². The number of esters is 1. The van der Waals surface area contributed by atoms with E-state index >= 15 is 0 Å². The van der Waals surface area contributed by atoms with Gasteiger partial charge in [-0.1, -0.05) is 33.6 Å². The first-order chi connectivity index (χ1) is 11.1. The summed E-state index contributed by atoms with van der Waals surface area (Å²) in [4.78, 5) is 12.4. The number of aryl methyl sites for hydroxylation is 1. The summed E-state index contributed by atoms with van der Waals surface area (Å²) in [7, 11) is -0.791. The van der Waals surface area contributed by atoms with E-state index in [0.717, 1.165) is 8.78 Å². The van der Waals surface area contributed by atoms with E-state index < -0.39 is 16.0 Å². The van der Waals surface area contributed by atoms with Crippen LogP contribution in [0.5, 0.6) is 5.75 Å². The molecule has 5 nitrogen and oxygen atoms in total. The Bertz CT molecular complexity index is 874. The van der Waals surface area contributed by atoms with Crippen molar-refractivity contribution in [3.05, 3.63) is 57.0 Å². The number of halogens is 2. The van der Waals surface area contributed by atoms with Gasteiger partial charge in [0, 0.05) is 18.6 Å². The van der Waals surface area contributed by atoms with Crippen LogP contribution < -0.4 is 4.74 Å². The Hall–Kier alpha value is -1.41. The Kier molecular flexibility index (Phi) is 5.70. The Balaban J connectivity index is 2.36. The second-order valence-corrected chi connectivity index (χ2v) is 8.71. The average Bonchev–Trinajstić information content (AvgIpc) is 2.50. The summed E-state index contributed by atoms with van der Waals surface area (Å²) in [5, 5.41) is 0.285. The van der Waals surface area contributed by atoms with Crippen LogP contribution in [0.4, 0.5) is 0 Å². The summed E-state index contributed by atoms with van der Waals surface area (Å²) in [6.45, 7) is 1.76. The molecule has 0 aromatic heterocycles. The van der Waals surface area contributed by atoms with E-state index in [4.69, 9.17) is 16.3 Å². The molecule has 2 aromatic rings. The molecule has 8 heteroatoms. The van der Waals surface area contributed by atoms with Gasteiger partial charge in [-0.15, -0.1) is 0 Å². The van der Waals surface area contributed by atoms with Gasteiger partial charge in [-0.05, 0) is 42.8 Å². The highest BCUT2D eigenvalue weighted by atomic mass is 79.9. The summed E-state index contributed by atoms with van der Waals surface area (Å²) in [6, 6.07) is 9.05. The maximum absolute atomic E-state index is 12.4. The number of benzene rings is 2. The molecule has 128 valence electrons. The van der Waals surface area contributed by atoms with Crippen molar-refractivity contribution in [2.45, 2.75) is 11.8 Å². The molecule has 2 rings (SSSR count). The molecule has 0 atom stereocenters. The zero-order valence-electron chi connectivity index (χ0n) is 13.2. The molecule has 0 fully saturated rings. The molecule has 2 aromatic carbocycles. The predicted molar refractivity (Wildman–Crippen MR) is 96.2 cm³/mol. The second-order valence-electron chi connectivity index (χ2n) is 5.24. The third-order valence-electron chi connectivity index (χ3n) is 3.24. The molecule has 0 heterocycles. The normalized spacial score (nSPS) is 11.6. The van der Waals surface area contributed by atoms with Crippen LogP contribution in [0.25, 0.3) is 0 Å². The number of ether oxygens (including phenoxy) is 1. The van der Waals surface area contributed by atoms with E-state index in [1.54, 1.807) is 19.1 Å². The molecular formula is C16H15BrClNO4S. The van der Waals surface area contributed by atoms with Crippen molar-refractivity contribution in [2.75, 3.05) is 14.1 Å². The van der Waals surface area contributed by atoms with Crippen LogP contribution in [0, 0.1) is 6.92 Å². The van der Waals surface area contributed by atoms with Gasteiger partial charge in [-0.25, -0.2) is 17.5 Å². The molecule has 24 heavy (non-hydrogen) atoms. The minimum Gasteiger partial charge on any atom is -0.421 e. The fourth-order valence-electron chi connectivity index (χ4n) is 1.96. The maximum Gasteiger partial charge on any atom is 0.343 e. The first-order valence-electron chi connectivity index (χ1n) is 6.83. The smallest absolute Gasteiger partial charge is 0.343 e. The summed E-state index contributed by atoms with van der Waals surface area (Å²) in [6.07, 6.45) is 0. The number of hydrogen-bond donors (Lipinski definition) is 0. The molecule has 0 aliphatic carbocycles. The third-order valence-corrected chi connectivity index (χ3v) is 5.79. The first kappa shape index (κ1) is 18.9. The fourth-order valence-corrected chi connectivity index (χ4v) is 3.92. The highest BCUT2D eigenvalue weighted by Crippen LogP contribution is 2.32. The molecular weight excluding hydrogens is 418 g/mol. The lowest BCUT2D eigenvalue weighted by atomic mass is 10.2. The van der Waals surface area contributed by atoms with Crippen molar-refractivity contribution in [3.8, 4) is 5.75 Å². The number of carbonyl (C=O) groups excluding carboxylic acids is 1. The standard InChI is InChI=1S/C16H15BrClNO4S/c1-10-7-12(17)9-14(18)15(10)23-16(20)11-5-4-6-13(8-11)24(21,22)19(2)3/h4-9H,1-3H3. The Morgan fingerprint density at radius 1 is 1.21 bits per heavy atom. The molecule has 0 bridgehead atoms. The SMILES string of the molecule is Cc1cc(Br)cc(Cl)c1OC(=O)c1cccc(S(=O)(=O)N(C)C)c1. The van der Waals surface area contributed by atoms with Gasteiger partial charge in [0.2, 0.25) is 10.0 Å². The van der Waals surface area contributed by atoms with Crippen molar-refractivity contribution in [3.63, 3.8) is 0 Å². The summed E-state index contributed by atoms with van der Waals surface area (Å²) < 4.78 is 31.5. The van der Waals surface area contributed by atoms with Gasteiger partial charge in [-0.2, -0.15) is 0 Å². The second kappa shape index (κ2) is 7.23. The molecule has 0 amide bonds. The van der Waals surface area contributed by atoms with Crippen LogP contribution >= 0.6 is 27.5 Å². The largest absolute Gasteiger partial charge is 0.421 e. The number of hydrogen-bond acceptors (Lipinski definition) is 4. The van der Waals surface area contributed by atoms with E-state index in [1.807, 2.05) is 0 Å². The number of rotatable bonds is 4. The van der Waals surface area contributed by atoms with Gasteiger partial charge in [0.25, 0.3) is 0 Å². The van der Waals surface area contributed by atoms with Crippen molar-refractivity contribution < 1.29 is 17.9 Å². The van der Waals surface area contributed by atoms with E-state index in [2.05, 4.69) is 15.9 Å². The highest BCUT2D eigenvalue weighted by molar-refractivity contribution is 9.10. The number of carbonyl (C=O) groups is 1. The average molecular weight is 433 g/mol. The molecule has 0 aliphatic rings. The lowest BCUT2D eigenvalue weighted by Crippen LogP contribution is -2.22. The van der Waals surface area contributed by atoms with Crippen molar-refractivity contribution in [1.82, 2.24) is 4.31 Å². The lowest BCUT2D eigenvalue weighted by Gasteiger charge is -2.13. The van der Waals surface area contributed by atoms with Gasteiger partial charge in [0.1, 0.15) is 0 Å². The summed E-state index contributed by atoms with van der Waals surface area (Å²) in [5.74, 6) is -0.441. The number of sulfonamides is 1. The van der Waals surface area contributed by atoms with E-state index in [-0.39, 0.29) is 21.2 Å². The van der Waals surface area contributed by atoms with Crippen molar-refractivity contribution >= 4 is 43.5 Å². The predicted octanol–water partition coefficient (Wildman–Crippen LogP) is 3.88. The van der Waals surface area contributed by atoms with Crippen molar-refractivity contribution in [1.29, 1.82) is 0 Å². The van der Waals surface area contributed by atoms with Crippen LogP contribution in [-0.2, 0) is 10.0 Å². The van der Waals surface area contributed by atoms with Gasteiger partial charge >= 0.3 is 5.97 Å². The third kappa shape index (κ3) is 3.97. The molecule has 0 spiro atoms. The van der Waals surface area contributed by atoms with E-state index in [0.29, 0.717) is 5.56 Å². The van der Waals surface area contributed by atoms with Crippen LogP contribution in [-0.4, -0.2) is 32.8 Å². The van der Waals surface area contributed by atoms with Crippen LogP contribution in [0.3, 0.4) is 0 Å². The first-order valence-corrected chi connectivity index (χ1v) is 9.44. The lowest BCUT2D eigenvalue weighted by molar-refractivity contribution is 0.0733. The fraction of sp³-hybridized carbons (Fsp3) is 0.188. The van der Waals surface area contributed by atoms with E-state index in [9.17, 15) is 13.2 Å². The van der Waals surface area contributed by atoms with Crippen LogP contribution in [0.15, 0.2) is 45.8 Å². The van der Waals surface area contributed by atoms with E-state index in [1.165, 1.54) is 38.4 Å². The number of nitrogens with zero attached hydrogens (tertiary/aromatic N) is 1. The zero-order chi connectivity index (χ0) is 18.1. The summed E-state index contributed by atoms with van der Waals surface area (Å²) in [5.41, 5.74) is 0.802. The summed E-state index contributed by atoms with van der Waals surface area (Å²) >= 11 is 9.41. The van der Waals surface area contributed by atoms with Crippen LogP contribution in [0.1, 0.15) is 15.9 Å². The molecule has 0 saturated carbocycles. The highest BCUT2D eigenvalue weighted by Gasteiger charge is 2.20. The Morgan fingerprint density at radius 2 is 1.88 bits per heavy atom. The van der Waals surface area contributed by atoms with Gasteiger partial charge < -0.3 is 4.74 Å². The topological polar surface area (TPSA) is 63.7 Å². The quantitative estimate of drug-likeness (QED) is 0.543. The molecule has 0 saturated heterocycles. The molecule has 0 unspecified atom stereocenters. The van der Waals surface area contributed by atoms with Gasteiger partial charge in [0.15, 0.2) is 5.75 Å². The minimum atomic E-state index is -3.63. The van der Waals surface area contributed by atoms with Gasteiger partial charge in [0.05, 0.1) is 15.5 Å². The minimum absolute atomic E-state index is 0.0144. The zero-order valence-corrected chi connectivity index (χ0v) is 16.4. The monoisotopic (exact) mass is 431 g/mol. The Morgan fingerprint density at radius 3 is 2.46 bits per heavy atom. The molecule has 0 radical (unpaired) electrons. The molecule has 0 N–H and O–H groups in total. The van der Waals surface area contributed by atoms with Gasteiger partial charge in [-0.3, -0.25) is 0 Å². The maximum atomic E-state index is 12.4. The van der Waals surface area contributed by atoms with Crippen molar-refractivity contribution in [2.24, 2.45) is 0 Å². The Labute approximate surface area is 154 Å².